The number of hydrogen-bond acceptors (Lipinski definition) is 4. The van der Waals surface area contributed by atoms with Crippen LogP contribution < -0.4 is 9.47 Å². The van der Waals surface area contributed by atoms with Gasteiger partial charge in [0.15, 0.2) is 0 Å². The van der Waals surface area contributed by atoms with Crippen LogP contribution in [0.15, 0.2) is 18.2 Å². The van der Waals surface area contributed by atoms with E-state index in [-0.39, 0.29) is 11.7 Å². The molecule has 2 rings (SSSR count). The number of fused-ring (bicyclic) bond motifs is 1. The van der Waals surface area contributed by atoms with Gasteiger partial charge in [-0.25, -0.2) is 0 Å². The number of aliphatic hydroxyl groups is 1. The van der Waals surface area contributed by atoms with Gasteiger partial charge in [-0.2, -0.15) is 0 Å². The fourth-order valence-electron chi connectivity index (χ4n) is 2.38. The average molecular weight is 266 g/mol. The van der Waals surface area contributed by atoms with Crippen molar-refractivity contribution >= 4 is 0 Å². The van der Waals surface area contributed by atoms with E-state index in [4.69, 9.17) is 14.2 Å². The molecule has 0 radical (unpaired) electrons. The first-order valence-corrected chi connectivity index (χ1v) is 6.53. The van der Waals surface area contributed by atoms with Crippen LogP contribution in [0.1, 0.15) is 38.4 Å². The van der Waals surface area contributed by atoms with Crippen LogP contribution in [-0.2, 0) is 4.74 Å². The summed E-state index contributed by atoms with van der Waals surface area (Å²) >= 11 is 0. The quantitative estimate of drug-likeness (QED) is 0.910. The van der Waals surface area contributed by atoms with E-state index in [0.717, 1.165) is 17.7 Å². The molecule has 0 aromatic heterocycles. The van der Waals surface area contributed by atoms with Crippen molar-refractivity contribution in [3.05, 3.63) is 23.8 Å². The summed E-state index contributed by atoms with van der Waals surface area (Å²) in [6, 6.07) is 5.52. The van der Waals surface area contributed by atoms with Gasteiger partial charge in [0.25, 0.3) is 0 Å². The van der Waals surface area contributed by atoms with Gasteiger partial charge in [0.05, 0.1) is 18.8 Å². The Morgan fingerprint density at radius 2 is 2.11 bits per heavy atom. The van der Waals surface area contributed by atoms with Gasteiger partial charge >= 0.3 is 0 Å². The third-order valence-electron chi connectivity index (χ3n) is 3.63. The number of aliphatic hydroxyl groups excluding tert-OH is 1. The molecular formula is C15H22O4. The third kappa shape index (κ3) is 3.19. The molecule has 4 nitrogen and oxygen atoms in total. The predicted molar refractivity (Wildman–Crippen MR) is 72.7 cm³/mol. The molecule has 0 bridgehead atoms. The largest absolute Gasteiger partial charge is 0.497 e. The van der Waals surface area contributed by atoms with E-state index in [1.807, 2.05) is 32.0 Å². The van der Waals surface area contributed by atoms with Gasteiger partial charge in [-0.1, -0.05) is 0 Å². The van der Waals surface area contributed by atoms with Crippen molar-refractivity contribution < 1.29 is 19.3 Å². The lowest BCUT2D eigenvalue weighted by Gasteiger charge is -2.34. The maximum absolute atomic E-state index is 10.2. The zero-order chi connectivity index (χ0) is 14.0. The number of ether oxygens (including phenoxy) is 3. The fraction of sp³-hybridized carbons (Fsp3) is 0.600. The van der Waals surface area contributed by atoms with E-state index in [0.29, 0.717) is 12.2 Å². The van der Waals surface area contributed by atoms with Crippen molar-refractivity contribution in [3.63, 3.8) is 0 Å². The molecule has 106 valence electrons. The van der Waals surface area contributed by atoms with E-state index < -0.39 is 6.10 Å². The molecule has 0 fully saturated rings. The third-order valence-corrected chi connectivity index (χ3v) is 3.63. The molecule has 0 amide bonds. The van der Waals surface area contributed by atoms with Crippen molar-refractivity contribution in [2.45, 2.75) is 44.5 Å². The van der Waals surface area contributed by atoms with Crippen LogP contribution in [0.5, 0.6) is 11.5 Å². The van der Waals surface area contributed by atoms with Crippen molar-refractivity contribution in [1.29, 1.82) is 0 Å². The van der Waals surface area contributed by atoms with Crippen LogP contribution >= 0.6 is 0 Å². The maximum atomic E-state index is 10.2. The lowest BCUT2D eigenvalue weighted by molar-refractivity contribution is -0.0312. The molecule has 0 saturated carbocycles. The van der Waals surface area contributed by atoms with Gasteiger partial charge in [-0.05, 0) is 26.0 Å². The smallest absolute Gasteiger partial charge is 0.129 e. The van der Waals surface area contributed by atoms with Crippen LogP contribution in [0.2, 0.25) is 0 Å². The summed E-state index contributed by atoms with van der Waals surface area (Å²) in [5.41, 5.74) is 0.563. The van der Waals surface area contributed by atoms with Gasteiger partial charge in [0, 0.05) is 31.6 Å². The molecule has 0 aliphatic carbocycles. The van der Waals surface area contributed by atoms with Crippen LogP contribution in [0.25, 0.3) is 0 Å². The molecule has 1 N–H and O–H groups in total. The molecule has 1 unspecified atom stereocenters. The highest BCUT2D eigenvalue weighted by molar-refractivity contribution is 5.43. The standard InChI is InChI=1S/C15H22O4/c1-15(2,18-4)9-11-7-13(16)12-6-5-10(17-3)8-14(12)19-11/h5-6,8,11,13,16H,7,9H2,1-4H3/t11?,13-/m1/s1. The predicted octanol–water partition coefficient (Wildman–Crippen LogP) is 2.69. The molecule has 1 aliphatic rings. The van der Waals surface area contributed by atoms with Gasteiger partial charge in [0.2, 0.25) is 0 Å². The molecule has 1 aliphatic heterocycles. The molecule has 0 spiro atoms. The maximum Gasteiger partial charge on any atom is 0.129 e. The Bertz CT molecular complexity index is 442. The summed E-state index contributed by atoms with van der Waals surface area (Å²) in [6.07, 6.45) is 0.778. The van der Waals surface area contributed by atoms with Crippen molar-refractivity contribution in [2.24, 2.45) is 0 Å². The van der Waals surface area contributed by atoms with Crippen LogP contribution in [-0.4, -0.2) is 31.0 Å². The van der Waals surface area contributed by atoms with E-state index >= 15 is 0 Å². The minimum absolute atomic E-state index is 0.0513. The van der Waals surface area contributed by atoms with Gasteiger partial charge < -0.3 is 19.3 Å². The summed E-state index contributed by atoms with van der Waals surface area (Å²) in [6.45, 7) is 4.04. The summed E-state index contributed by atoms with van der Waals surface area (Å²) in [4.78, 5) is 0. The lowest BCUT2D eigenvalue weighted by atomic mass is 9.92. The first-order valence-electron chi connectivity index (χ1n) is 6.53. The van der Waals surface area contributed by atoms with Gasteiger partial charge in [-0.3, -0.25) is 0 Å². The number of hydrogen-bond donors (Lipinski definition) is 1. The second kappa shape index (κ2) is 5.39. The van der Waals surface area contributed by atoms with E-state index in [9.17, 15) is 5.11 Å². The Balaban J connectivity index is 2.18. The zero-order valence-corrected chi connectivity index (χ0v) is 12.0. The Hall–Kier alpha value is -1.26. The highest BCUT2D eigenvalue weighted by Crippen LogP contribution is 2.39. The highest BCUT2D eigenvalue weighted by atomic mass is 16.5. The monoisotopic (exact) mass is 266 g/mol. The number of benzene rings is 1. The van der Waals surface area contributed by atoms with Gasteiger partial charge in [-0.15, -0.1) is 0 Å². The second-order valence-electron chi connectivity index (χ2n) is 5.56. The van der Waals surface area contributed by atoms with E-state index in [1.165, 1.54) is 0 Å². The SMILES string of the molecule is COc1ccc2c(c1)OC(CC(C)(C)OC)C[C@H]2O. The lowest BCUT2D eigenvalue weighted by Crippen LogP contribution is -2.35. The van der Waals surface area contributed by atoms with Gasteiger partial charge in [0.1, 0.15) is 17.6 Å². The summed E-state index contributed by atoms with van der Waals surface area (Å²) in [5, 5.41) is 10.2. The molecule has 1 heterocycles. The normalized spacial score (nSPS) is 22.6. The average Bonchev–Trinajstić information content (AvgIpc) is 2.37. The van der Waals surface area contributed by atoms with Crippen molar-refractivity contribution in [3.8, 4) is 11.5 Å². The van der Waals surface area contributed by atoms with Crippen LogP contribution in [0.4, 0.5) is 0 Å². The molecule has 4 heteroatoms. The second-order valence-corrected chi connectivity index (χ2v) is 5.56. The number of rotatable bonds is 4. The minimum atomic E-state index is -0.493. The van der Waals surface area contributed by atoms with Crippen molar-refractivity contribution in [1.82, 2.24) is 0 Å². The van der Waals surface area contributed by atoms with Crippen LogP contribution in [0, 0.1) is 0 Å². The first kappa shape index (κ1) is 14.2. The van der Waals surface area contributed by atoms with E-state index in [2.05, 4.69) is 0 Å². The zero-order valence-electron chi connectivity index (χ0n) is 12.0. The molecule has 2 atom stereocenters. The van der Waals surface area contributed by atoms with Crippen molar-refractivity contribution in [2.75, 3.05) is 14.2 Å². The highest BCUT2D eigenvalue weighted by Gasteiger charge is 2.31. The van der Waals surface area contributed by atoms with E-state index in [1.54, 1.807) is 14.2 Å². The Morgan fingerprint density at radius 3 is 2.74 bits per heavy atom. The number of methoxy groups -OCH3 is 2. The molecular weight excluding hydrogens is 244 g/mol. The topological polar surface area (TPSA) is 47.9 Å². The Labute approximate surface area is 114 Å². The molecule has 1 aromatic rings. The molecule has 1 aromatic carbocycles. The Morgan fingerprint density at radius 1 is 1.37 bits per heavy atom. The molecule has 0 saturated heterocycles. The molecule has 19 heavy (non-hydrogen) atoms. The minimum Gasteiger partial charge on any atom is -0.497 e. The summed E-state index contributed by atoms with van der Waals surface area (Å²) in [5.74, 6) is 1.44. The summed E-state index contributed by atoms with van der Waals surface area (Å²) in [7, 11) is 3.31. The summed E-state index contributed by atoms with van der Waals surface area (Å²) < 4.78 is 16.6. The fourth-order valence-corrected chi connectivity index (χ4v) is 2.38. The Kier molecular flexibility index (Phi) is 4.02. The van der Waals surface area contributed by atoms with Crippen LogP contribution in [0.3, 0.4) is 0 Å². The first-order chi connectivity index (χ1) is 8.95.